The van der Waals surface area contributed by atoms with Crippen LogP contribution in [-0.2, 0) is 14.8 Å². The molecule has 0 fully saturated rings. The van der Waals surface area contributed by atoms with Gasteiger partial charge in [0.1, 0.15) is 4.90 Å². The van der Waals surface area contributed by atoms with Gasteiger partial charge in [0.25, 0.3) is 0 Å². The molecule has 21 heavy (non-hydrogen) atoms. The van der Waals surface area contributed by atoms with Crippen LogP contribution in [0.4, 0.5) is 0 Å². The highest BCUT2D eigenvalue weighted by atomic mass is 35.5. The zero-order valence-electron chi connectivity index (χ0n) is 12.0. The molecule has 0 radical (unpaired) electrons. The van der Waals surface area contributed by atoms with Crippen molar-refractivity contribution in [1.82, 2.24) is 4.72 Å². The van der Waals surface area contributed by atoms with E-state index in [1.807, 2.05) is 0 Å². The molecule has 1 atom stereocenters. The lowest BCUT2D eigenvalue weighted by Gasteiger charge is -2.21. The maximum Gasteiger partial charge on any atom is 0.337 e. The van der Waals surface area contributed by atoms with Crippen LogP contribution in [0.1, 0.15) is 30.6 Å². The van der Waals surface area contributed by atoms with Gasteiger partial charge < -0.3 is 9.84 Å². The van der Waals surface area contributed by atoms with Crippen LogP contribution < -0.4 is 4.72 Å². The quantitative estimate of drug-likeness (QED) is 0.770. The number of sulfonamides is 1. The van der Waals surface area contributed by atoms with E-state index in [0.717, 1.165) is 6.07 Å². The van der Waals surface area contributed by atoms with Crippen molar-refractivity contribution in [3.8, 4) is 0 Å². The fraction of sp³-hybridized carbons (Fsp3) is 0.462. The van der Waals surface area contributed by atoms with Crippen LogP contribution in [0.2, 0.25) is 5.02 Å². The van der Waals surface area contributed by atoms with E-state index in [0.29, 0.717) is 6.42 Å². The van der Waals surface area contributed by atoms with Crippen LogP contribution in [0.5, 0.6) is 0 Å². The first kappa shape index (κ1) is 17.9. The topological polar surface area (TPSA) is 92.7 Å². The van der Waals surface area contributed by atoms with E-state index in [2.05, 4.69) is 9.46 Å². The Morgan fingerprint density at radius 3 is 2.62 bits per heavy atom. The molecule has 1 unspecified atom stereocenters. The normalized spacial score (nSPS) is 14.5. The smallest absolute Gasteiger partial charge is 0.337 e. The van der Waals surface area contributed by atoms with Crippen molar-refractivity contribution in [2.45, 2.75) is 30.8 Å². The third-order valence-corrected chi connectivity index (χ3v) is 4.93. The third-order valence-electron chi connectivity index (χ3n) is 3.05. The largest absolute Gasteiger partial charge is 0.465 e. The van der Waals surface area contributed by atoms with Crippen molar-refractivity contribution in [1.29, 1.82) is 0 Å². The van der Waals surface area contributed by atoms with Crippen molar-refractivity contribution in [3.63, 3.8) is 0 Å². The summed E-state index contributed by atoms with van der Waals surface area (Å²) < 4.78 is 31.3. The van der Waals surface area contributed by atoms with Gasteiger partial charge in [-0.15, -0.1) is 0 Å². The van der Waals surface area contributed by atoms with E-state index < -0.39 is 21.6 Å². The number of halogens is 1. The maximum atomic E-state index is 12.2. The molecule has 0 bridgehead atoms. The van der Waals surface area contributed by atoms with E-state index in [9.17, 15) is 18.3 Å². The van der Waals surface area contributed by atoms with Crippen LogP contribution >= 0.6 is 11.6 Å². The predicted molar refractivity (Wildman–Crippen MR) is 78.9 cm³/mol. The number of methoxy groups -OCH3 is 1. The molecule has 8 heteroatoms. The van der Waals surface area contributed by atoms with E-state index in [1.54, 1.807) is 6.92 Å². The molecule has 2 N–H and O–H groups in total. The van der Waals surface area contributed by atoms with Crippen LogP contribution in [0.15, 0.2) is 23.1 Å². The zero-order valence-corrected chi connectivity index (χ0v) is 13.6. The van der Waals surface area contributed by atoms with Crippen molar-refractivity contribution in [3.05, 3.63) is 28.8 Å². The molecule has 6 nitrogen and oxygen atoms in total. The number of carbonyl (C=O) groups excluding carboxylic acids is 1. The Balaban J connectivity index is 3.10. The van der Waals surface area contributed by atoms with Gasteiger partial charge in [-0.25, -0.2) is 17.9 Å². The van der Waals surface area contributed by atoms with Crippen LogP contribution in [0.3, 0.4) is 0 Å². The molecule has 0 spiro atoms. The second-order valence-corrected chi connectivity index (χ2v) is 6.95. The van der Waals surface area contributed by atoms with Gasteiger partial charge in [0, 0.05) is 6.54 Å². The highest BCUT2D eigenvalue weighted by Crippen LogP contribution is 2.23. The molecule has 0 saturated carbocycles. The lowest BCUT2D eigenvalue weighted by Crippen LogP contribution is -2.40. The average molecular weight is 336 g/mol. The molecule has 118 valence electrons. The summed E-state index contributed by atoms with van der Waals surface area (Å²) in [5.41, 5.74) is -1.09. The summed E-state index contributed by atoms with van der Waals surface area (Å²) in [5, 5.41) is 9.83. The van der Waals surface area contributed by atoms with Gasteiger partial charge in [-0.05, 0) is 31.5 Å². The molecule has 1 aromatic carbocycles. The minimum absolute atomic E-state index is 0.0219. The van der Waals surface area contributed by atoms with Crippen molar-refractivity contribution in [2.24, 2.45) is 0 Å². The van der Waals surface area contributed by atoms with E-state index in [4.69, 9.17) is 11.6 Å². The monoisotopic (exact) mass is 335 g/mol. The molecule has 0 aliphatic heterocycles. The Morgan fingerprint density at radius 1 is 1.48 bits per heavy atom. The summed E-state index contributed by atoms with van der Waals surface area (Å²) in [6, 6.07) is 3.81. The van der Waals surface area contributed by atoms with Gasteiger partial charge in [-0.1, -0.05) is 18.5 Å². The zero-order chi connectivity index (χ0) is 16.3. The molecule has 0 heterocycles. The van der Waals surface area contributed by atoms with E-state index >= 15 is 0 Å². The van der Waals surface area contributed by atoms with E-state index in [1.165, 1.54) is 26.2 Å². The number of aliphatic hydroxyl groups is 1. The number of esters is 1. The molecule has 0 saturated heterocycles. The van der Waals surface area contributed by atoms with Crippen LogP contribution in [0, 0.1) is 0 Å². The van der Waals surface area contributed by atoms with Gasteiger partial charge in [0.2, 0.25) is 10.0 Å². The number of benzene rings is 1. The van der Waals surface area contributed by atoms with Gasteiger partial charge >= 0.3 is 5.97 Å². The molecule has 0 amide bonds. The summed E-state index contributed by atoms with van der Waals surface area (Å²) in [4.78, 5) is 11.2. The Kier molecular flexibility index (Phi) is 5.75. The molecular formula is C13H18ClNO5S. The summed E-state index contributed by atoms with van der Waals surface area (Å²) >= 11 is 5.88. The maximum absolute atomic E-state index is 12.2. The lowest BCUT2D eigenvalue weighted by molar-refractivity contribution is 0.0597. The number of carbonyl (C=O) groups is 1. The number of hydrogen-bond donors (Lipinski definition) is 2. The standard InChI is InChI=1S/C13H18ClNO5S/c1-4-13(2,17)8-15-21(18,19)11-7-9(12(16)20-3)5-6-10(11)14/h5-7,15,17H,4,8H2,1-3H3. The number of nitrogens with one attached hydrogen (secondary N) is 1. The molecule has 0 aliphatic rings. The first-order chi connectivity index (χ1) is 9.63. The number of rotatable bonds is 6. The van der Waals surface area contributed by atoms with Gasteiger partial charge in [-0.2, -0.15) is 0 Å². The average Bonchev–Trinajstić information content (AvgIpc) is 2.45. The summed E-state index contributed by atoms with van der Waals surface area (Å²) in [6.07, 6.45) is 0.380. The second-order valence-electron chi connectivity index (χ2n) is 4.81. The minimum Gasteiger partial charge on any atom is -0.465 e. The van der Waals surface area contributed by atoms with Gasteiger partial charge in [0.15, 0.2) is 0 Å². The number of ether oxygens (including phenoxy) is 1. The second kappa shape index (κ2) is 6.74. The Labute approximate surface area is 129 Å². The molecule has 1 aromatic rings. The van der Waals surface area contributed by atoms with E-state index in [-0.39, 0.29) is 22.0 Å². The fourth-order valence-electron chi connectivity index (χ4n) is 1.41. The van der Waals surface area contributed by atoms with Gasteiger partial charge in [0.05, 0.1) is 23.3 Å². The third kappa shape index (κ3) is 4.67. The summed E-state index contributed by atoms with van der Waals surface area (Å²) in [6.45, 7) is 3.09. The SMILES string of the molecule is CCC(C)(O)CNS(=O)(=O)c1cc(C(=O)OC)ccc1Cl. The van der Waals surface area contributed by atoms with Gasteiger partial charge in [-0.3, -0.25) is 0 Å². The predicted octanol–water partition coefficient (Wildman–Crippen LogP) is 1.57. The molecule has 0 aromatic heterocycles. The number of hydrogen-bond acceptors (Lipinski definition) is 5. The van der Waals surface area contributed by atoms with Crippen molar-refractivity contribution >= 4 is 27.6 Å². The van der Waals surface area contributed by atoms with Crippen LogP contribution in [-0.4, -0.2) is 38.7 Å². The molecular weight excluding hydrogens is 318 g/mol. The summed E-state index contributed by atoms with van der Waals surface area (Å²) in [5.74, 6) is -0.663. The Bertz CT molecular complexity index is 627. The summed E-state index contributed by atoms with van der Waals surface area (Å²) in [7, 11) is -2.75. The van der Waals surface area contributed by atoms with Crippen molar-refractivity contribution < 1.29 is 23.1 Å². The highest BCUT2D eigenvalue weighted by molar-refractivity contribution is 7.89. The van der Waals surface area contributed by atoms with Crippen LogP contribution in [0.25, 0.3) is 0 Å². The lowest BCUT2D eigenvalue weighted by atomic mass is 10.1. The first-order valence-corrected chi connectivity index (χ1v) is 8.09. The van der Waals surface area contributed by atoms with Crippen molar-refractivity contribution in [2.75, 3.05) is 13.7 Å². The molecule has 0 aliphatic carbocycles. The molecule has 1 rings (SSSR count). The fourth-order valence-corrected chi connectivity index (χ4v) is 3.09. The first-order valence-electron chi connectivity index (χ1n) is 6.23. The minimum atomic E-state index is -3.95. The Hall–Kier alpha value is -1.15. The highest BCUT2D eigenvalue weighted by Gasteiger charge is 2.25. The Morgan fingerprint density at radius 2 is 2.10 bits per heavy atom.